The summed E-state index contributed by atoms with van der Waals surface area (Å²) in [6, 6.07) is 9.13. The van der Waals surface area contributed by atoms with Crippen LogP contribution in [0.25, 0.3) is 0 Å². The minimum atomic E-state index is -4.32. The van der Waals surface area contributed by atoms with Gasteiger partial charge >= 0.3 is 6.18 Å². The van der Waals surface area contributed by atoms with Gasteiger partial charge in [0, 0.05) is 12.2 Å². The fourth-order valence-electron chi connectivity index (χ4n) is 2.26. The summed E-state index contributed by atoms with van der Waals surface area (Å²) in [5.41, 5.74) is 4.44. The number of benzene rings is 2. The van der Waals surface area contributed by atoms with Crippen LogP contribution in [-0.2, 0) is 12.7 Å². The molecule has 0 amide bonds. The first-order valence-corrected chi connectivity index (χ1v) is 7.86. The largest absolute Gasteiger partial charge is 0.416 e. The van der Waals surface area contributed by atoms with Crippen molar-refractivity contribution in [2.45, 2.75) is 33.5 Å². The first-order valence-electron chi connectivity index (χ1n) is 7.45. The molecule has 2 aromatic rings. The smallest absolute Gasteiger partial charge is 0.358 e. The number of halogens is 3. The topological polar surface area (TPSA) is 24.1 Å². The Balaban J connectivity index is 1.95. The van der Waals surface area contributed by atoms with Crippen LogP contribution < -0.4 is 10.6 Å². The lowest BCUT2D eigenvalue weighted by Crippen LogP contribution is -2.28. The summed E-state index contributed by atoms with van der Waals surface area (Å²) in [5, 5.41) is 6.56. The molecule has 0 bridgehead atoms. The second-order valence-corrected chi connectivity index (χ2v) is 6.16. The maximum atomic E-state index is 12.5. The summed E-state index contributed by atoms with van der Waals surface area (Å²) in [7, 11) is 0. The third-order valence-corrected chi connectivity index (χ3v) is 4.07. The van der Waals surface area contributed by atoms with E-state index in [2.05, 4.69) is 16.7 Å². The highest BCUT2D eigenvalue weighted by Crippen LogP contribution is 2.29. The molecule has 0 saturated carbocycles. The number of alkyl halides is 3. The Morgan fingerprint density at radius 2 is 1.54 bits per heavy atom. The second-order valence-electron chi connectivity index (χ2n) is 5.75. The monoisotopic (exact) mass is 352 g/mol. The fourth-order valence-corrected chi connectivity index (χ4v) is 2.44. The second kappa shape index (κ2) is 7.21. The lowest BCUT2D eigenvalue weighted by molar-refractivity contribution is -0.137. The SMILES string of the molecule is Cc1cc(C)c(NC(=S)NCc2ccc(C(F)(F)F)cc2)cc1C. The minimum absolute atomic E-state index is 0.355. The number of hydrogen-bond donors (Lipinski definition) is 2. The van der Waals surface area contributed by atoms with Crippen molar-refractivity contribution in [3.63, 3.8) is 0 Å². The number of nitrogens with one attached hydrogen (secondary N) is 2. The molecule has 0 radical (unpaired) electrons. The molecule has 2 nitrogen and oxygen atoms in total. The van der Waals surface area contributed by atoms with Gasteiger partial charge in [-0.1, -0.05) is 18.2 Å². The van der Waals surface area contributed by atoms with Crippen molar-refractivity contribution in [2.75, 3.05) is 5.32 Å². The van der Waals surface area contributed by atoms with E-state index in [4.69, 9.17) is 12.2 Å². The molecular formula is C18H19F3N2S. The Hall–Kier alpha value is -2.08. The lowest BCUT2D eigenvalue weighted by atomic mass is 10.1. The van der Waals surface area contributed by atoms with Gasteiger partial charge in [0.25, 0.3) is 0 Å². The molecule has 2 aromatic carbocycles. The van der Waals surface area contributed by atoms with Crippen molar-refractivity contribution in [3.8, 4) is 0 Å². The zero-order valence-electron chi connectivity index (χ0n) is 13.7. The van der Waals surface area contributed by atoms with Crippen LogP contribution in [0, 0.1) is 20.8 Å². The van der Waals surface area contributed by atoms with Crippen LogP contribution in [0.2, 0.25) is 0 Å². The molecule has 0 aliphatic heterocycles. The predicted molar refractivity (Wildman–Crippen MR) is 95.2 cm³/mol. The zero-order valence-corrected chi connectivity index (χ0v) is 14.5. The number of hydrogen-bond acceptors (Lipinski definition) is 1. The summed E-state index contributed by atoms with van der Waals surface area (Å²) >= 11 is 5.25. The fraction of sp³-hybridized carbons (Fsp3) is 0.278. The Morgan fingerprint density at radius 1 is 0.958 bits per heavy atom. The van der Waals surface area contributed by atoms with E-state index in [-0.39, 0.29) is 0 Å². The number of thiocarbonyl (C=S) groups is 1. The van der Waals surface area contributed by atoms with Crippen LogP contribution in [0.5, 0.6) is 0 Å². The summed E-state index contributed by atoms with van der Waals surface area (Å²) in [6.07, 6.45) is -4.32. The summed E-state index contributed by atoms with van der Waals surface area (Å²) < 4.78 is 37.6. The van der Waals surface area contributed by atoms with E-state index in [1.807, 2.05) is 26.8 Å². The van der Waals surface area contributed by atoms with Gasteiger partial charge in [0.05, 0.1) is 5.56 Å². The third-order valence-electron chi connectivity index (χ3n) is 3.82. The van der Waals surface area contributed by atoms with E-state index < -0.39 is 11.7 Å². The van der Waals surface area contributed by atoms with Crippen LogP contribution in [0.3, 0.4) is 0 Å². The number of rotatable bonds is 3. The summed E-state index contributed by atoms with van der Waals surface area (Å²) in [6.45, 7) is 6.42. The molecule has 2 rings (SSSR count). The van der Waals surface area contributed by atoms with Gasteiger partial charge in [0.15, 0.2) is 5.11 Å². The van der Waals surface area contributed by atoms with Gasteiger partial charge in [-0.3, -0.25) is 0 Å². The molecule has 24 heavy (non-hydrogen) atoms. The van der Waals surface area contributed by atoms with Gasteiger partial charge in [-0.15, -0.1) is 0 Å². The predicted octanol–water partition coefficient (Wildman–Crippen LogP) is 5.12. The van der Waals surface area contributed by atoms with Crippen LogP contribution in [0.4, 0.5) is 18.9 Å². The molecule has 6 heteroatoms. The molecule has 0 unspecified atom stereocenters. The first kappa shape index (κ1) is 18.3. The average Bonchev–Trinajstić information content (AvgIpc) is 2.50. The summed E-state index contributed by atoms with van der Waals surface area (Å²) in [4.78, 5) is 0. The standard InChI is InChI=1S/C18H19F3N2S/c1-11-8-13(3)16(9-12(11)2)23-17(24)22-10-14-4-6-15(7-5-14)18(19,20)21/h4-9H,10H2,1-3H3,(H2,22,23,24). The number of anilines is 1. The van der Waals surface area contributed by atoms with Crippen molar-refractivity contribution in [1.29, 1.82) is 0 Å². The van der Waals surface area contributed by atoms with E-state index in [1.54, 1.807) is 0 Å². The molecule has 128 valence electrons. The van der Waals surface area contributed by atoms with Gasteiger partial charge in [-0.05, 0) is 73.4 Å². The van der Waals surface area contributed by atoms with Gasteiger partial charge in [-0.2, -0.15) is 13.2 Å². The zero-order chi connectivity index (χ0) is 17.9. The molecule has 0 aliphatic carbocycles. The molecule has 0 spiro atoms. The molecule has 0 aromatic heterocycles. The molecule has 0 heterocycles. The van der Waals surface area contributed by atoms with Crippen LogP contribution in [0.1, 0.15) is 27.8 Å². The van der Waals surface area contributed by atoms with E-state index >= 15 is 0 Å². The molecular weight excluding hydrogens is 333 g/mol. The van der Waals surface area contributed by atoms with Crippen molar-refractivity contribution in [1.82, 2.24) is 5.32 Å². The lowest BCUT2D eigenvalue weighted by Gasteiger charge is -2.15. The van der Waals surface area contributed by atoms with Gasteiger partial charge in [0.2, 0.25) is 0 Å². The summed E-state index contributed by atoms with van der Waals surface area (Å²) in [5.74, 6) is 0. The van der Waals surface area contributed by atoms with Gasteiger partial charge in [-0.25, -0.2) is 0 Å². The van der Waals surface area contributed by atoms with E-state index in [1.165, 1.54) is 17.7 Å². The van der Waals surface area contributed by atoms with E-state index in [0.717, 1.165) is 34.5 Å². The quantitative estimate of drug-likeness (QED) is 0.750. The van der Waals surface area contributed by atoms with Crippen LogP contribution in [-0.4, -0.2) is 5.11 Å². The van der Waals surface area contributed by atoms with Gasteiger partial charge < -0.3 is 10.6 Å². The van der Waals surface area contributed by atoms with Crippen molar-refractivity contribution in [3.05, 3.63) is 64.2 Å². The molecule has 0 aliphatic rings. The number of aryl methyl sites for hydroxylation is 3. The Bertz CT molecular complexity index is 737. The molecule has 0 fully saturated rings. The maximum Gasteiger partial charge on any atom is 0.416 e. The molecule has 2 N–H and O–H groups in total. The highest BCUT2D eigenvalue weighted by molar-refractivity contribution is 7.80. The van der Waals surface area contributed by atoms with Crippen LogP contribution in [0.15, 0.2) is 36.4 Å². The normalized spacial score (nSPS) is 11.2. The Kier molecular flexibility index (Phi) is 5.49. The van der Waals surface area contributed by atoms with E-state index in [9.17, 15) is 13.2 Å². The first-order chi connectivity index (χ1) is 11.2. The van der Waals surface area contributed by atoms with Crippen molar-refractivity contribution < 1.29 is 13.2 Å². The highest BCUT2D eigenvalue weighted by Gasteiger charge is 2.29. The third kappa shape index (κ3) is 4.71. The average molecular weight is 352 g/mol. The Morgan fingerprint density at radius 3 is 2.12 bits per heavy atom. The van der Waals surface area contributed by atoms with Crippen molar-refractivity contribution >= 4 is 23.0 Å². The van der Waals surface area contributed by atoms with Gasteiger partial charge in [0.1, 0.15) is 0 Å². The van der Waals surface area contributed by atoms with Crippen LogP contribution >= 0.6 is 12.2 Å². The molecule has 0 atom stereocenters. The Labute approximate surface area is 145 Å². The van der Waals surface area contributed by atoms with E-state index in [0.29, 0.717) is 11.7 Å². The highest BCUT2D eigenvalue weighted by atomic mass is 32.1. The maximum absolute atomic E-state index is 12.5. The molecule has 0 saturated heterocycles. The minimum Gasteiger partial charge on any atom is -0.358 e. The van der Waals surface area contributed by atoms with Crippen molar-refractivity contribution in [2.24, 2.45) is 0 Å².